The van der Waals surface area contributed by atoms with Crippen LogP contribution in [0.5, 0.6) is 5.75 Å². The Morgan fingerprint density at radius 2 is 2.00 bits per heavy atom. The Balaban J connectivity index is 2.02. The number of anilines is 1. The SMILES string of the molecule is COc1ccc(-c2cc(N)n(C)n2)cc1C1CCCC1. The van der Waals surface area contributed by atoms with E-state index in [0.29, 0.717) is 11.7 Å². The van der Waals surface area contributed by atoms with Crippen molar-refractivity contribution in [2.24, 2.45) is 7.05 Å². The van der Waals surface area contributed by atoms with Gasteiger partial charge in [-0.2, -0.15) is 5.10 Å². The molecule has 0 aliphatic heterocycles. The first-order chi connectivity index (χ1) is 9.69. The van der Waals surface area contributed by atoms with Crippen LogP contribution in [0.2, 0.25) is 0 Å². The van der Waals surface area contributed by atoms with Crippen LogP contribution in [0.4, 0.5) is 5.82 Å². The maximum Gasteiger partial charge on any atom is 0.122 e. The number of ether oxygens (including phenoxy) is 1. The third kappa shape index (κ3) is 2.26. The van der Waals surface area contributed by atoms with Gasteiger partial charge in [0, 0.05) is 18.7 Å². The molecule has 20 heavy (non-hydrogen) atoms. The third-order valence-corrected chi connectivity index (χ3v) is 4.24. The van der Waals surface area contributed by atoms with Gasteiger partial charge in [-0.05, 0) is 42.5 Å². The van der Waals surface area contributed by atoms with Crippen LogP contribution in [0, 0.1) is 0 Å². The lowest BCUT2D eigenvalue weighted by atomic mass is 9.94. The van der Waals surface area contributed by atoms with Crippen molar-refractivity contribution in [1.29, 1.82) is 0 Å². The molecular weight excluding hydrogens is 250 g/mol. The molecule has 0 atom stereocenters. The Labute approximate surface area is 119 Å². The van der Waals surface area contributed by atoms with Crippen molar-refractivity contribution in [1.82, 2.24) is 9.78 Å². The summed E-state index contributed by atoms with van der Waals surface area (Å²) in [6.07, 6.45) is 5.14. The lowest BCUT2D eigenvalue weighted by molar-refractivity contribution is 0.405. The monoisotopic (exact) mass is 271 g/mol. The lowest BCUT2D eigenvalue weighted by Gasteiger charge is -2.15. The zero-order chi connectivity index (χ0) is 14.1. The molecule has 0 spiro atoms. The van der Waals surface area contributed by atoms with Crippen molar-refractivity contribution in [2.75, 3.05) is 12.8 Å². The zero-order valence-corrected chi connectivity index (χ0v) is 12.1. The molecule has 2 aromatic rings. The molecule has 0 amide bonds. The van der Waals surface area contributed by atoms with E-state index in [0.717, 1.165) is 17.0 Å². The van der Waals surface area contributed by atoms with E-state index in [9.17, 15) is 0 Å². The Kier molecular flexibility index (Phi) is 3.38. The predicted octanol–water partition coefficient (Wildman–Crippen LogP) is 3.34. The van der Waals surface area contributed by atoms with Gasteiger partial charge in [-0.1, -0.05) is 12.8 Å². The molecule has 0 bridgehead atoms. The summed E-state index contributed by atoms with van der Waals surface area (Å²) >= 11 is 0. The largest absolute Gasteiger partial charge is 0.496 e. The Hall–Kier alpha value is -1.97. The van der Waals surface area contributed by atoms with Crippen molar-refractivity contribution < 1.29 is 4.74 Å². The van der Waals surface area contributed by atoms with Crippen molar-refractivity contribution in [3.63, 3.8) is 0 Å². The van der Waals surface area contributed by atoms with Gasteiger partial charge < -0.3 is 10.5 Å². The van der Waals surface area contributed by atoms with E-state index in [4.69, 9.17) is 10.5 Å². The average molecular weight is 271 g/mol. The van der Waals surface area contributed by atoms with Gasteiger partial charge in [0.1, 0.15) is 11.6 Å². The summed E-state index contributed by atoms with van der Waals surface area (Å²) < 4.78 is 7.23. The molecule has 3 rings (SSSR count). The molecule has 106 valence electrons. The minimum atomic E-state index is 0.617. The molecule has 1 saturated carbocycles. The van der Waals surface area contributed by atoms with Crippen molar-refractivity contribution >= 4 is 5.82 Å². The third-order valence-electron chi connectivity index (χ3n) is 4.24. The topological polar surface area (TPSA) is 53.1 Å². The van der Waals surface area contributed by atoms with Gasteiger partial charge >= 0.3 is 0 Å². The highest BCUT2D eigenvalue weighted by Gasteiger charge is 2.21. The first-order valence-corrected chi connectivity index (χ1v) is 7.17. The molecule has 2 N–H and O–H groups in total. The standard InChI is InChI=1S/C16H21N3O/c1-19-16(17)10-14(18-19)12-7-8-15(20-2)13(9-12)11-5-3-4-6-11/h7-11H,3-6,17H2,1-2H3. The first-order valence-electron chi connectivity index (χ1n) is 7.17. The summed E-state index contributed by atoms with van der Waals surface area (Å²) in [4.78, 5) is 0. The number of benzene rings is 1. The average Bonchev–Trinajstić information content (AvgIpc) is 3.09. The van der Waals surface area contributed by atoms with Crippen molar-refractivity contribution in [3.05, 3.63) is 29.8 Å². The molecule has 1 heterocycles. The molecule has 4 nitrogen and oxygen atoms in total. The molecule has 1 aromatic heterocycles. The fourth-order valence-electron chi connectivity index (χ4n) is 3.07. The second-order valence-electron chi connectivity index (χ2n) is 5.52. The minimum Gasteiger partial charge on any atom is -0.496 e. The Bertz CT molecular complexity index is 593. The molecule has 0 radical (unpaired) electrons. The van der Waals surface area contributed by atoms with E-state index in [1.54, 1.807) is 11.8 Å². The minimum absolute atomic E-state index is 0.617. The van der Waals surface area contributed by atoms with E-state index < -0.39 is 0 Å². The van der Waals surface area contributed by atoms with Crippen LogP contribution < -0.4 is 10.5 Å². The number of hydrogen-bond donors (Lipinski definition) is 1. The normalized spacial score (nSPS) is 15.7. The number of rotatable bonds is 3. The van der Waals surface area contributed by atoms with E-state index in [-0.39, 0.29) is 0 Å². The molecule has 1 aliphatic carbocycles. The Morgan fingerprint density at radius 3 is 2.60 bits per heavy atom. The van der Waals surface area contributed by atoms with E-state index >= 15 is 0 Å². The van der Waals surface area contributed by atoms with Gasteiger partial charge in [0.05, 0.1) is 12.8 Å². The van der Waals surface area contributed by atoms with Crippen LogP contribution in [0.25, 0.3) is 11.3 Å². The van der Waals surface area contributed by atoms with Gasteiger partial charge in [-0.25, -0.2) is 0 Å². The van der Waals surface area contributed by atoms with Gasteiger partial charge in [-0.3, -0.25) is 4.68 Å². The number of methoxy groups -OCH3 is 1. The molecule has 0 saturated heterocycles. The number of nitrogens with two attached hydrogens (primary N) is 1. The molecule has 4 heteroatoms. The van der Waals surface area contributed by atoms with E-state index in [1.807, 2.05) is 19.2 Å². The summed E-state index contributed by atoms with van der Waals surface area (Å²) in [6.45, 7) is 0. The van der Waals surface area contributed by atoms with Gasteiger partial charge in [0.15, 0.2) is 0 Å². The number of nitrogens with zero attached hydrogens (tertiary/aromatic N) is 2. The summed E-state index contributed by atoms with van der Waals surface area (Å²) in [5, 5.41) is 4.45. The van der Waals surface area contributed by atoms with Gasteiger partial charge in [0.2, 0.25) is 0 Å². The summed E-state index contributed by atoms with van der Waals surface area (Å²) in [7, 11) is 3.60. The quantitative estimate of drug-likeness (QED) is 0.931. The van der Waals surface area contributed by atoms with Crippen LogP contribution in [0.1, 0.15) is 37.2 Å². The fourth-order valence-corrected chi connectivity index (χ4v) is 3.07. The van der Waals surface area contributed by atoms with Crippen LogP contribution in [0.3, 0.4) is 0 Å². The number of aryl methyl sites for hydroxylation is 1. The molecule has 1 fully saturated rings. The second-order valence-corrected chi connectivity index (χ2v) is 5.52. The summed E-state index contributed by atoms with van der Waals surface area (Å²) in [5.41, 5.74) is 9.22. The summed E-state index contributed by atoms with van der Waals surface area (Å²) in [6, 6.07) is 8.24. The van der Waals surface area contributed by atoms with Crippen LogP contribution >= 0.6 is 0 Å². The van der Waals surface area contributed by atoms with E-state index in [1.165, 1.54) is 31.2 Å². The number of hydrogen-bond acceptors (Lipinski definition) is 3. The maximum absolute atomic E-state index is 5.87. The number of aromatic nitrogens is 2. The fraction of sp³-hybridized carbons (Fsp3) is 0.438. The molecule has 1 aromatic carbocycles. The highest BCUT2D eigenvalue weighted by atomic mass is 16.5. The number of nitrogen functional groups attached to an aromatic ring is 1. The zero-order valence-electron chi connectivity index (χ0n) is 12.1. The van der Waals surface area contributed by atoms with Crippen LogP contribution in [-0.2, 0) is 7.05 Å². The second kappa shape index (κ2) is 5.19. The van der Waals surface area contributed by atoms with Gasteiger partial charge in [0.25, 0.3) is 0 Å². The maximum atomic E-state index is 5.87. The predicted molar refractivity (Wildman–Crippen MR) is 80.8 cm³/mol. The first kappa shape index (κ1) is 13.0. The molecule has 1 aliphatic rings. The van der Waals surface area contributed by atoms with Crippen LogP contribution in [0.15, 0.2) is 24.3 Å². The molecular formula is C16H21N3O. The summed E-state index contributed by atoms with van der Waals surface area (Å²) in [5.74, 6) is 2.29. The Morgan fingerprint density at radius 1 is 1.25 bits per heavy atom. The van der Waals surface area contributed by atoms with Crippen molar-refractivity contribution in [2.45, 2.75) is 31.6 Å². The molecule has 0 unspecified atom stereocenters. The van der Waals surface area contributed by atoms with Crippen molar-refractivity contribution in [3.8, 4) is 17.0 Å². The smallest absolute Gasteiger partial charge is 0.122 e. The van der Waals surface area contributed by atoms with Gasteiger partial charge in [-0.15, -0.1) is 0 Å². The van der Waals surface area contributed by atoms with E-state index in [2.05, 4.69) is 17.2 Å². The highest BCUT2D eigenvalue weighted by molar-refractivity contribution is 5.65. The highest BCUT2D eigenvalue weighted by Crippen LogP contribution is 2.40. The lowest BCUT2D eigenvalue weighted by Crippen LogP contribution is -1.98. The van der Waals surface area contributed by atoms with Crippen LogP contribution in [-0.4, -0.2) is 16.9 Å².